The molecule has 0 saturated carbocycles. The molecule has 0 fully saturated rings. The number of halogens is 1. The van der Waals surface area contributed by atoms with Gasteiger partial charge in [-0.15, -0.1) is 0 Å². The van der Waals surface area contributed by atoms with Crippen molar-refractivity contribution >= 4 is 34.5 Å². The minimum Gasteiger partial charge on any atom is -0.394 e. The molecule has 1 aromatic carbocycles. The maximum Gasteiger partial charge on any atom is 0.147 e. The van der Waals surface area contributed by atoms with Crippen LogP contribution in [-0.4, -0.2) is 67.8 Å². The number of nitrogens with zero attached hydrogens (tertiary/aromatic N) is 2. The summed E-state index contributed by atoms with van der Waals surface area (Å²) in [7, 11) is 0. The second-order valence-corrected chi connectivity index (χ2v) is 6.03. The first-order valence-corrected chi connectivity index (χ1v) is 7.90. The van der Waals surface area contributed by atoms with E-state index < -0.39 is 31.0 Å². The Balaban J connectivity index is 2.06. The summed E-state index contributed by atoms with van der Waals surface area (Å²) in [6, 6.07) is 7.03. The van der Waals surface area contributed by atoms with Gasteiger partial charge in [0.25, 0.3) is 0 Å². The van der Waals surface area contributed by atoms with Crippen molar-refractivity contribution in [1.82, 2.24) is 4.98 Å². The molecular formula is C16H20ClN3O5. The zero-order valence-electron chi connectivity index (χ0n) is 13.4. The number of aliphatic hydroxyl groups is 5. The Morgan fingerprint density at radius 1 is 1.20 bits per heavy atom. The van der Waals surface area contributed by atoms with E-state index in [2.05, 4.69) is 15.5 Å². The molecule has 0 amide bonds. The molecule has 0 unspecified atom stereocenters. The van der Waals surface area contributed by atoms with E-state index in [0.717, 1.165) is 17.2 Å². The van der Waals surface area contributed by atoms with Crippen molar-refractivity contribution in [1.29, 1.82) is 0 Å². The summed E-state index contributed by atoms with van der Waals surface area (Å²) in [5.41, 5.74) is 4.26. The Morgan fingerprint density at radius 2 is 1.92 bits per heavy atom. The number of aryl methyl sites for hydroxylation is 1. The second kappa shape index (κ2) is 8.52. The minimum atomic E-state index is -1.71. The summed E-state index contributed by atoms with van der Waals surface area (Å²) in [5.74, 6) is 0.418. The maximum atomic E-state index is 9.74. The van der Waals surface area contributed by atoms with Gasteiger partial charge in [0.2, 0.25) is 0 Å². The standard InChI is InChI=1S/C16H20ClN3O5/c1-8-4-14(19-11-3-2-9(17)5-10(8)11)20-18-6-12(22)15(24)16(25)13(23)7-21/h2-6,12-13,15-16,21-25H,7H2,1H3,(H,19,20)/b18-6+/t12-,13+,15+,16+/m0/s1. The predicted octanol–water partition coefficient (Wildman–Crippen LogP) is 0.0302. The fourth-order valence-electron chi connectivity index (χ4n) is 2.23. The van der Waals surface area contributed by atoms with Gasteiger partial charge in [-0.1, -0.05) is 11.6 Å². The summed E-state index contributed by atoms with van der Waals surface area (Å²) >= 11 is 5.96. The van der Waals surface area contributed by atoms with Crippen molar-refractivity contribution in [3.63, 3.8) is 0 Å². The molecule has 25 heavy (non-hydrogen) atoms. The fraction of sp³-hybridized carbons (Fsp3) is 0.375. The van der Waals surface area contributed by atoms with Gasteiger partial charge in [-0.25, -0.2) is 4.98 Å². The van der Waals surface area contributed by atoms with Crippen LogP contribution in [0.4, 0.5) is 5.82 Å². The van der Waals surface area contributed by atoms with E-state index in [4.69, 9.17) is 16.7 Å². The first-order valence-electron chi connectivity index (χ1n) is 7.52. The highest BCUT2D eigenvalue weighted by atomic mass is 35.5. The van der Waals surface area contributed by atoms with Crippen molar-refractivity contribution in [2.45, 2.75) is 31.3 Å². The number of nitrogens with one attached hydrogen (secondary N) is 1. The van der Waals surface area contributed by atoms with Crippen LogP contribution >= 0.6 is 11.6 Å². The van der Waals surface area contributed by atoms with E-state index in [1.807, 2.05) is 6.92 Å². The lowest BCUT2D eigenvalue weighted by Crippen LogP contribution is -2.46. The molecular weight excluding hydrogens is 350 g/mol. The number of aliphatic hydroxyl groups excluding tert-OH is 5. The van der Waals surface area contributed by atoms with Crippen molar-refractivity contribution in [3.8, 4) is 0 Å². The van der Waals surface area contributed by atoms with Gasteiger partial charge in [-0.05, 0) is 36.8 Å². The van der Waals surface area contributed by atoms with Crippen LogP contribution in [0, 0.1) is 6.92 Å². The zero-order valence-corrected chi connectivity index (χ0v) is 14.2. The van der Waals surface area contributed by atoms with Crippen molar-refractivity contribution in [2.24, 2.45) is 5.10 Å². The molecule has 0 spiro atoms. The first-order chi connectivity index (χ1) is 11.8. The Kier molecular flexibility index (Phi) is 6.65. The van der Waals surface area contributed by atoms with Gasteiger partial charge < -0.3 is 25.5 Å². The van der Waals surface area contributed by atoms with Crippen LogP contribution in [-0.2, 0) is 0 Å². The molecule has 0 bridgehead atoms. The average Bonchev–Trinajstić information content (AvgIpc) is 2.60. The smallest absolute Gasteiger partial charge is 0.147 e. The number of fused-ring (bicyclic) bond motifs is 1. The van der Waals surface area contributed by atoms with Crippen molar-refractivity contribution in [3.05, 3.63) is 34.9 Å². The molecule has 2 rings (SSSR count). The first kappa shape index (κ1) is 19.5. The predicted molar refractivity (Wildman–Crippen MR) is 94.7 cm³/mol. The van der Waals surface area contributed by atoms with E-state index in [-0.39, 0.29) is 0 Å². The number of hydrogen-bond acceptors (Lipinski definition) is 8. The number of pyridine rings is 1. The van der Waals surface area contributed by atoms with E-state index in [0.29, 0.717) is 16.4 Å². The normalized spacial score (nSPS) is 16.8. The number of hydrazone groups is 1. The molecule has 6 N–H and O–H groups in total. The number of rotatable bonds is 7. The van der Waals surface area contributed by atoms with Gasteiger partial charge >= 0.3 is 0 Å². The SMILES string of the molecule is Cc1cc(N/N=C/[C@H](O)[C@@H](O)[C@H](O)[C@H](O)CO)nc2ccc(Cl)cc12. The molecule has 4 atom stereocenters. The van der Waals surface area contributed by atoms with E-state index >= 15 is 0 Å². The minimum absolute atomic E-state index is 0.418. The van der Waals surface area contributed by atoms with E-state index in [1.54, 1.807) is 24.3 Å². The second-order valence-electron chi connectivity index (χ2n) is 5.60. The molecule has 9 heteroatoms. The lowest BCUT2D eigenvalue weighted by Gasteiger charge is -2.23. The number of aromatic nitrogens is 1. The molecule has 0 aliphatic rings. The van der Waals surface area contributed by atoms with Gasteiger partial charge in [0.05, 0.1) is 18.3 Å². The van der Waals surface area contributed by atoms with Crippen LogP contribution in [0.25, 0.3) is 10.9 Å². The molecule has 2 aromatic rings. The van der Waals surface area contributed by atoms with Crippen LogP contribution in [0.3, 0.4) is 0 Å². The Bertz CT molecular complexity index is 758. The van der Waals surface area contributed by atoms with Crippen LogP contribution in [0.2, 0.25) is 5.02 Å². The van der Waals surface area contributed by atoms with Gasteiger partial charge in [0.15, 0.2) is 0 Å². The largest absolute Gasteiger partial charge is 0.394 e. The lowest BCUT2D eigenvalue weighted by atomic mass is 10.0. The monoisotopic (exact) mass is 369 g/mol. The molecule has 0 radical (unpaired) electrons. The summed E-state index contributed by atoms with van der Waals surface area (Å²) < 4.78 is 0. The van der Waals surface area contributed by atoms with Gasteiger partial charge in [0, 0.05) is 10.4 Å². The number of benzene rings is 1. The fourth-order valence-corrected chi connectivity index (χ4v) is 2.40. The topological polar surface area (TPSA) is 138 Å². The van der Waals surface area contributed by atoms with Gasteiger partial charge in [0.1, 0.15) is 30.2 Å². The Labute approximate surface area is 149 Å². The van der Waals surface area contributed by atoms with Crippen LogP contribution < -0.4 is 5.43 Å². The summed E-state index contributed by atoms with van der Waals surface area (Å²) in [4.78, 5) is 4.35. The highest BCUT2D eigenvalue weighted by Gasteiger charge is 2.29. The molecule has 0 aliphatic carbocycles. The highest BCUT2D eigenvalue weighted by molar-refractivity contribution is 6.31. The summed E-state index contributed by atoms with van der Waals surface area (Å²) in [5, 5.41) is 52.2. The highest BCUT2D eigenvalue weighted by Crippen LogP contribution is 2.23. The van der Waals surface area contributed by atoms with Crippen LogP contribution in [0.1, 0.15) is 5.56 Å². The van der Waals surface area contributed by atoms with Crippen LogP contribution in [0.5, 0.6) is 0 Å². The van der Waals surface area contributed by atoms with E-state index in [1.165, 1.54) is 0 Å². The van der Waals surface area contributed by atoms with Crippen molar-refractivity contribution in [2.75, 3.05) is 12.0 Å². The molecule has 8 nitrogen and oxygen atoms in total. The van der Waals surface area contributed by atoms with Crippen LogP contribution in [0.15, 0.2) is 29.4 Å². The number of hydrogen-bond donors (Lipinski definition) is 6. The third-order valence-corrected chi connectivity index (χ3v) is 3.90. The molecule has 1 aromatic heterocycles. The molecule has 1 heterocycles. The third kappa shape index (κ3) is 4.85. The summed E-state index contributed by atoms with van der Waals surface area (Å²) in [6.07, 6.45) is -5.58. The molecule has 0 saturated heterocycles. The molecule has 136 valence electrons. The summed E-state index contributed by atoms with van der Waals surface area (Å²) in [6.45, 7) is 1.14. The van der Waals surface area contributed by atoms with Gasteiger partial charge in [-0.3, -0.25) is 5.43 Å². The quantitative estimate of drug-likeness (QED) is 0.299. The van der Waals surface area contributed by atoms with Gasteiger partial charge in [-0.2, -0.15) is 5.10 Å². The zero-order chi connectivity index (χ0) is 18.6. The maximum absolute atomic E-state index is 9.74. The average molecular weight is 370 g/mol. The number of anilines is 1. The lowest BCUT2D eigenvalue weighted by molar-refractivity contribution is -0.0999. The Morgan fingerprint density at radius 3 is 2.60 bits per heavy atom. The van der Waals surface area contributed by atoms with E-state index in [9.17, 15) is 20.4 Å². The van der Waals surface area contributed by atoms with Crippen molar-refractivity contribution < 1.29 is 25.5 Å². The third-order valence-electron chi connectivity index (χ3n) is 3.67. The molecule has 0 aliphatic heterocycles. The Hall–Kier alpha value is -1.81.